The number of carbonyl (C=O) groups is 2. The Morgan fingerprint density at radius 1 is 1.12 bits per heavy atom. The standard InChI is InChI=1S/C27H21NO5S/c1-16-5-3-4-6-21(16)25(30)27-26(22-10-9-18(31-2)13-24(22)34-27)33-19-8-7-17-11-20(32-15-29)14-28-23(17)12-19/h3-15,17,23H,1-2H3. The number of hydrogen-bond acceptors (Lipinski definition) is 7. The zero-order valence-corrected chi connectivity index (χ0v) is 19.4. The fourth-order valence-electron chi connectivity index (χ4n) is 4.04. The third kappa shape index (κ3) is 4.06. The summed E-state index contributed by atoms with van der Waals surface area (Å²) in [6.07, 6.45) is 9.08. The first-order valence-electron chi connectivity index (χ1n) is 10.7. The number of carbonyl (C=O) groups excluding carboxylic acids is 2. The molecule has 0 fully saturated rings. The van der Waals surface area contributed by atoms with Crippen LogP contribution in [0, 0.1) is 12.8 Å². The van der Waals surface area contributed by atoms with Crippen molar-refractivity contribution in [2.24, 2.45) is 10.9 Å². The number of ketones is 1. The Hall–Kier alpha value is -3.97. The zero-order chi connectivity index (χ0) is 23.7. The maximum absolute atomic E-state index is 13.6. The van der Waals surface area contributed by atoms with Crippen LogP contribution in [0.1, 0.15) is 20.8 Å². The molecule has 6 nitrogen and oxygen atoms in total. The van der Waals surface area contributed by atoms with Crippen LogP contribution in [0.5, 0.6) is 11.5 Å². The summed E-state index contributed by atoms with van der Waals surface area (Å²) in [7, 11) is 1.62. The number of aryl methyl sites for hydroxylation is 1. The molecule has 1 aliphatic carbocycles. The normalized spacial score (nSPS) is 18.6. The van der Waals surface area contributed by atoms with Crippen LogP contribution in [0.4, 0.5) is 0 Å². The van der Waals surface area contributed by atoms with Gasteiger partial charge in [0.25, 0.3) is 6.47 Å². The molecule has 7 heteroatoms. The van der Waals surface area contributed by atoms with E-state index in [0.29, 0.717) is 39.9 Å². The maximum Gasteiger partial charge on any atom is 0.298 e. The van der Waals surface area contributed by atoms with Crippen LogP contribution in [0.25, 0.3) is 10.1 Å². The van der Waals surface area contributed by atoms with Crippen molar-refractivity contribution in [3.8, 4) is 11.5 Å². The quantitative estimate of drug-likeness (QED) is 0.340. The number of hydrogen-bond donors (Lipinski definition) is 0. The number of dihydropyridines is 1. The summed E-state index contributed by atoms with van der Waals surface area (Å²) in [6.45, 7) is 2.31. The predicted molar refractivity (Wildman–Crippen MR) is 132 cm³/mol. The molecule has 5 rings (SSSR count). The van der Waals surface area contributed by atoms with E-state index in [1.54, 1.807) is 7.11 Å². The molecule has 2 heterocycles. The summed E-state index contributed by atoms with van der Waals surface area (Å²) in [5.74, 6) is 2.13. The van der Waals surface area contributed by atoms with Crippen molar-refractivity contribution in [2.75, 3.05) is 7.11 Å². The molecule has 0 radical (unpaired) electrons. The summed E-state index contributed by atoms with van der Waals surface area (Å²) in [5.41, 5.74) is 1.55. The van der Waals surface area contributed by atoms with Crippen LogP contribution in [-0.4, -0.2) is 31.6 Å². The van der Waals surface area contributed by atoms with Crippen molar-refractivity contribution in [3.05, 3.63) is 94.3 Å². The molecule has 2 unspecified atom stereocenters. The van der Waals surface area contributed by atoms with Crippen LogP contribution in [0.15, 0.2) is 83.3 Å². The van der Waals surface area contributed by atoms with Gasteiger partial charge < -0.3 is 14.2 Å². The Kier molecular flexibility index (Phi) is 5.86. The lowest BCUT2D eigenvalue weighted by Crippen LogP contribution is -2.21. The lowest BCUT2D eigenvalue weighted by molar-refractivity contribution is -0.124. The number of nitrogens with zero attached hydrogens (tertiary/aromatic N) is 1. The highest BCUT2D eigenvalue weighted by molar-refractivity contribution is 7.21. The number of rotatable bonds is 7. The minimum Gasteiger partial charge on any atom is -0.497 e. The Morgan fingerprint density at radius 2 is 1.97 bits per heavy atom. The second-order valence-corrected chi connectivity index (χ2v) is 8.98. The largest absolute Gasteiger partial charge is 0.497 e. The first-order chi connectivity index (χ1) is 16.6. The second kappa shape index (κ2) is 9.11. The van der Waals surface area contributed by atoms with Gasteiger partial charge in [0.05, 0.1) is 19.4 Å². The highest BCUT2D eigenvalue weighted by Crippen LogP contribution is 2.42. The molecular formula is C27H21NO5S. The van der Waals surface area contributed by atoms with Gasteiger partial charge in [0.1, 0.15) is 22.1 Å². The van der Waals surface area contributed by atoms with Gasteiger partial charge in [-0.25, -0.2) is 0 Å². The summed E-state index contributed by atoms with van der Waals surface area (Å²) in [6, 6.07) is 13.0. The fourth-order valence-corrected chi connectivity index (χ4v) is 5.15. The molecule has 0 spiro atoms. The summed E-state index contributed by atoms with van der Waals surface area (Å²) >= 11 is 1.39. The third-order valence-electron chi connectivity index (χ3n) is 5.79. The number of thiophene rings is 1. The predicted octanol–water partition coefficient (Wildman–Crippen LogP) is 5.41. The molecule has 2 aliphatic rings. The molecular weight excluding hydrogens is 450 g/mol. The van der Waals surface area contributed by atoms with Gasteiger partial charge in [-0.15, -0.1) is 11.3 Å². The van der Waals surface area contributed by atoms with E-state index in [0.717, 1.165) is 15.6 Å². The minimum atomic E-state index is -0.181. The Morgan fingerprint density at radius 3 is 2.76 bits per heavy atom. The van der Waals surface area contributed by atoms with E-state index in [9.17, 15) is 9.59 Å². The van der Waals surface area contributed by atoms with E-state index >= 15 is 0 Å². The molecule has 1 aromatic heterocycles. The van der Waals surface area contributed by atoms with Gasteiger partial charge in [-0.1, -0.05) is 30.3 Å². The summed E-state index contributed by atoms with van der Waals surface area (Å²) < 4.78 is 17.5. The molecule has 0 saturated carbocycles. The van der Waals surface area contributed by atoms with Crippen molar-refractivity contribution in [1.29, 1.82) is 0 Å². The van der Waals surface area contributed by atoms with Crippen molar-refractivity contribution in [2.45, 2.75) is 13.0 Å². The van der Waals surface area contributed by atoms with Crippen molar-refractivity contribution in [3.63, 3.8) is 0 Å². The van der Waals surface area contributed by atoms with E-state index in [4.69, 9.17) is 14.2 Å². The topological polar surface area (TPSA) is 74.2 Å². The number of aliphatic imine (C=N–C) groups is 1. The third-order valence-corrected chi connectivity index (χ3v) is 6.93. The summed E-state index contributed by atoms with van der Waals surface area (Å²) in [5, 5.41) is 0.841. The smallest absolute Gasteiger partial charge is 0.298 e. The lowest BCUT2D eigenvalue weighted by Gasteiger charge is -2.23. The van der Waals surface area contributed by atoms with E-state index < -0.39 is 0 Å². The minimum absolute atomic E-state index is 0.0381. The molecule has 2 atom stereocenters. The van der Waals surface area contributed by atoms with Gasteiger partial charge in [-0.05, 0) is 48.9 Å². The monoisotopic (exact) mass is 471 g/mol. The van der Waals surface area contributed by atoms with Crippen molar-refractivity contribution >= 4 is 39.9 Å². The number of allylic oxidation sites excluding steroid dienone is 2. The molecule has 0 bridgehead atoms. The van der Waals surface area contributed by atoms with Crippen molar-refractivity contribution in [1.82, 2.24) is 0 Å². The SMILES string of the molecule is COc1ccc2c(OC3=CC4N=CC(OC=O)=CC4C=C3)c(C(=O)c3ccccc3C)sc2c1. The van der Waals surface area contributed by atoms with Crippen LogP contribution in [0.3, 0.4) is 0 Å². The first kappa shape index (κ1) is 21.9. The molecule has 170 valence electrons. The molecule has 3 aromatic rings. The summed E-state index contributed by atoms with van der Waals surface area (Å²) in [4.78, 5) is 29.2. The lowest BCUT2D eigenvalue weighted by atomic mass is 9.92. The number of fused-ring (bicyclic) bond motifs is 2. The number of methoxy groups -OCH3 is 1. The fraction of sp³-hybridized carbons (Fsp3) is 0.148. The average Bonchev–Trinajstić information content (AvgIpc) is 3.21. The van der Waals surface area contributed by atoms with Crippen LogP contribution >= 0.6 is 11.3 Å². The number of benzene rings is 2. The maximum atomic E-state index is 13.6. The van der Waals surface area contributed by atoms with Gasteiger partial charge in [-0.2, -0.15) is 0 Å². The van der Waals surface area contributed by atoms with E-state index in [1.807, 2.05) is 73.7 Å². The molecule has 0 saturated heterocycles. The second-order valence-electron chi connectivity index (χ2n) is 7.93. The van der Waals surface area contributed by atoms with Crippen LogP contribution < -0.4 is 9.47 Å². The van der Waals surface area contributed by atoms with E-state index in [2.05, 4.69) is 4.99 Å². The van der Waals surface area contributed by atoms with Gasteiger partial charge in [0.15, 0.2) is 5.75 Å². The zero-order valence-electron chi connectivity index (χ0n) is 18.6. The van der Waals surface area contributed by atoms with E-state index in [1.165, 1.54) is 17.6 Å². The molecule has 0 amide bonds. The molecule has 34 heavy (non-hydrogen) atoms. The Bertz CT molecular complexity index is 1410. The van der Waals surface area contributed by atoms with E-state index in [-0.39, 0.29) is 17.7 Å². The Labute approximate surface area is 200 Å². The van der Waals surface area contributed by atoms with Gasteiger partial charge in [0, 0.05) is 21.6 Å². The van der Waals surface area contributed by atoms with Crippen molar-refractivity contribution < 1.29 is 23.8 Å². The first-order valence-corrected chi connectivity index (χ1v) is 11.5. The highest BCUT2D eigenvalue weighted by Gasteiger charge is 2.26. The molecule has 2 aromatic carbocycles. The van der Waals surface area contributed by atoms with Crippen LogP contribution in [0.2, 0.25) is 0 Å². The van der Waals surface area contributed by atoms with Crippen LogP contribution in [-0.2, 0) is 9.53 Å². The van der Waals surface area contributed by atoms with Gasteiger partial charge >= 0.3 is 0 Å². The average molecular weight is 472 g/mol. The highest BCUT2D eigenvalue weighted by atomic mass is 32.1. The van der Waals surface area contributed by atoms with Gasteiger partial charge in [0.2, 0.25) is 5.78 Å². The number of ether oxygens (including phenoxy) is 3. The molecule has 1 aliphatic heterocycles. The Balaban J connectivity index is 1.53. The molecule has 0 N–H and O–H groups in total. The van der Waals surface area contributed by atoms with Gasteiger partial charge in [-0.3, -0.25) is 14.6 Å².